The number of carbonyl (C=O) groups excluding carboxylic acids is 1. The van der Waals surface area contributed by atoms with Crippen LogP contribution in [0.2, 0.25) is 0 Å². The molecule has 27 heavy (non-hydrogen) atoms. The summed E-state index contributed by atoms with van der Waals surface area (Å²) in [6.45, 7) is 6.02. The van der Waals surface area contributed by atoms with E-state index in [4.69, 9.17) is 0 Å². The highest BCUT2D eigenvalue weighted by molar-refractivity contribution is 7.12. The van der Waals surface area contributed by atoms with Crippen molar-refractivity contribution >= 4 is 17.1 Å². The van der Waals surface area contributed by atoms with Crippen molar-refractivity contribution in [1.82, 2.24) is 9.55 Å². The van der Waals surface area contributed by atoms with E-state index in [2.05, 4.69) is 4.98 Å². The maximum absolute atomic E-state index is 12.8. The molecule has 0 saturated heterocycles. The average Bonchev–Trinajstić information content (AvgIpc) is 3.12. The first-order chi connectivity index (χ1) is 12.7. The Hall–Kier alpha value is -3.24. The van der Waals surface area contributed by atoms with Gasteiger partial charge >= 0.3 is 0 Å². The Kier molecular flexibility index (Phi) is 4.68. The number of rotatable bonds is 3. The molecule has 0 amide bonds. The van der Waals surface area contributed by atoms with E-state index in [-0.39, 0.29) is 27.9 Å². The summed E-state index contributed by atoms with van der Waals surface area (Å²) in [6.07, 6.45) is 1.36. The molecule has 0 aliphatic rings. The Morgan fingerprint density at radius 1 is 1.30 bits per heavy atom. The lowest BCUT2D eigenvalue weighted by Gasteiger charge is -2.14. The maximum atomic E-state index is 12.8. The summed E-state index contributed by atoms with van der Waals surface area (Å²) >= 11 is 1.26. The molecule has 0 aliphatic heterocycles. The van der Waals surface area contributed by atoms with Crippen LogP contribution in [0.4, 0.5) is 0 Å². The molecule has 0 fully saturated rings. The third-order valence-electron chi connectivity index (χ3n) is 4.02. The Morgan fingerprint density at radius 2 is 2.00 bits per heavy atom. The molecule has 0 radical (unpaired) electrons. The van der Waals surface area contributed by atoms with Crippen LogP contribution in [0.1, 0.15) is 48.0 Å². The van der Waals surface area contributed by atoms with Gasteiger partial charge in [0.1, 0.15) is 17.4 Å². The molecule has 136 valence electrons. The van der Waals surface area contributed by atoms with Gasteiger partial charge in [-0.05, 0) is 18.2 Å². The molecule has 0 bridgehead atoms. The smallest absolute Gasteiger partial charge is 0.274 e. The van der Waals surface area contributed by atoms with Crippen LogP contribution in [-0.4, -0.2) is 20.4 Å². The zero-order chi connectivity index (χ0) is 19.8. The molecule has 0 spiro atoms. The summed E-state index contributed by atoms with van der Waals surface area (Å²) in [5.41, 5.74) is 0.135. The second-order valence-corrected chi connectivity index (χ2v) is 7.88. The minimum Gasteiger partial charge on any atom is -0.507 e. The normalized spacial score (nSPS) is 11.2. The van der Waals surface area contributed by atoms with Crippen LogP contribution >= 0.6 is 11.3 Å². The first-order valence-electron chi connectivity index (χ1n) is 8.18. The van der Waals surface area contributed by atoms with Gasteiger partial charge < -0.3 is 5.11 Å². The van der Waals surface area contributed by atoms with Gasteiger partial charge in [-0.2, -0.15) is 5.26 Å². The number of ketones is 1. The van der Waals surface area contributed by atoms with Crippen LogP contribution < -0.4 is 5.56 Å². The van der Waals surface area contributed by atoms with Gasteiger partial charge in [-0.25, -0.2) is 4.98 Å². The van der Waals surface area contributed by atoms with Crippen molar-refractivity contribution in [1.29, 1.82) is 5.26 Å². The third-order valence-corrected chi connectivity index (χ3v) is 4.86. The summed E-state index contributed by atoms with van der Waals surface area (Å²) in [5, 5.41) is 21.5. The Morgan fingerprint density at radius 3 is 2.59 bits per heavy atom. The summed E-state index contributed by atoms with van der Waals surface area (Å²) < 4.78 is 1.21. The average molecular weight is 379 g/mol. The maximum Gasteiger partial charge on any atom is 0.274 e. The van der Waals surface area contributed by atoms with Gasteiger partial charge in [-0.15, -0.1) is 11.3 Å². The molecular weight excluding hydrogens is 362 g/mol. The highest BCUT2D eigenvalue weighted by atomic mass is 32.1. The molecule has 0 atom stereocenters. The molecule has 7 heteroatoms. The number of carbonyl (C=O) groups is 1. The van der Waals surface area contributed by atoms with Crippen LogP contribution in [0.15, 0.2) is 46.7 Å². The lowest BCUT2D eigenvalue weighted by molar-refractivity contribution is 0.103. The first kappa shape index (κ1) is 18.5. The largest absolute Gasteiger partial charge is 0.507 e. The fraction of sp³-hybridized carbons (Fsp3) is 0.200. The quantitative estimate of drug-likeness (QED) is 0.704. The van der Waals surface area contributed by atoms with E-state index in [9.17, 15) is 20.0 Å². The van der Waals surface area contributed by atoms with E-state index in [1.165, 1.54) is 40.3 Å². The Labute approximate surface area is 160 Å². The van der Waals surface area contributed by atoms with Gasteiger partial charge in [0.05, 0.1) is 11.3 Å². The molecule has 6 nitrogen and oxygen atoms in total. The topological polar surface area (TPSA) is 96.0 Å². The number of nitriles is 1. The SMILES string of the molecule is CC(C)(C)c1csc(-n2cc(C(=O)c3ccccc3O)cc(C#N)c2=O)n1. The highest BCUT2D eigenvalue weighted by Crippen LogP contribution is 2.26. The van der Waals surface area contributed by atoms with Gasteiger partial charge in [-0.3, -0.25) is 14.2 Å². The number of benzene rings is 1. The van der Waals surface area contributed by atoms with Crippen molar-refractivity contribution < 1.29 is 9.90 Å². The van der Waals surface area contributed by atoms with Crippen molar-refractivity contribution in [3.63, 3.8) is 0 Å². The summed E-state index contributed by atoms with van der Waals surface area (Å²) in [7, 11) is 0. The Bertz CT molecular complexity index is 1130. The second-order valence-electron chi connectivity index (χ2n) is 7.04. The van der Waals surface area contributed by atoms with Crippen LogP contribution in [0.3, 0.4) is 0 Å². The van der Waals surface area contributed by atoms with E-state index in [0.29, 0.717) is 5.13 Å². The monoisotopic (exact) mass is 379 g/mol. The van der Waals surface area contributed by atoms with Gasteiger partial charge in [0.2, 0.25) is 0 Å². The van der Waals surface area contributed by atoms with E-state index < -0.39 is 11.3 Å². The van der Waals surface area contributed by atoms with Crippen molar-refractivity contribution in [3.05, 3.63) is 74.6 Å². The van der Waals surface area contributed by atoms with E-state index in [0.717, 1.165) is 5.69 Å². The summed E-state index contributed by atoms with van der Waals surface area (Å²) in [4.78, 5) is 29.9. The third kappa shape index (κ3) is 3.52. The number of aromatic nitrogens is 2. The number of pyridine rings is 1. The van der Waals surface area contributed by atoms with E-state index in [1.807, 2.05) is 32.2 Å². The second kappa shape index (κ2) is 6.82. The summed E-state index contributed by atoms with van der Waals surface area (Å²) in [6, 6.07) is 9.21. The number of hydrogen-bond donors (Lipinski definition) is 1. The van der Waals surface area contributed by atoms with Crippen molar-refractivity contribution in [2.75, 3.05) is 0 Å². The molecule has 3 rings (SSSR count). The van der Waals surface area contributed by atoms with Gasteiger partial charge in [0.25, 0.3) is 5.56 Å². The molecular formula is C20H17N3O3S. The fourth-order valence-electron chi connectivity index (χ4n) is 2.47. The molecule has 0 unspecified atom stereocenters. The van der Waals surface area contributed by atoms with Gasteiger partial charge in [0.15, 0.2) is 10.9 Å². The number of thiazole rings is 1. The number of nitrogens with zero attached hydrogens (tertiary/aromatic N) is 3. The lowest BCUT2D eigenvalue weighted by atomic mass is 9.93. The van der Waals surface area contributed by atoms with Crippen LogP contribution in [0.5, 0.6) is 5.75 Å². The number of phenolic OH excluding ortho intramolecular Hbond substituents is 1. The number of hydrogen-bond acceptors (Lipinski definition) is 6. The predicted octanol–water partition coefficient (Wildman–Crippen LogP) is 3.40. The molecule has 1 N–H and O–H groups in total. The van der Waals surface area contributed by atoms with Crippen molar-refractivity contribution in [3.8, 4) is 17.0 Å². The molecule has 0 aliphatic carbocycles. The van der Waals surface area contributed by atoms with Crippen LogP contribution in [-0.2, 0) is 5.41 Å². The van der Waals surface area contributed by atoms with E-state index in [1.54, 1.807) is 12.1 Å². The summed E-state index contributed by atoms with van der Waals surface area (Å²) in [5.74, 6) is -0.644. The van der Waals surface area contributed by atoms with Gasteiger partial charge in [0, 0.05) is 22.6 Å². The molecule has 1 aromatic carbocycles. The minimum atomic E-state index is -0.541. The highest BCUT2D eigenvalue weighted by Gasteiger charge is 2.21. The number of phenols is 1. The van der Waals surface area contributed by atoms with E-state index >= 15 is 0 Å². The lowest BCUT2D eigenvalue weighted by Crippen LogP contribution is -2.23. The zero-order valence-corrected chi connectivity index (χ0v) is 15.9. The fourth-order valence-corrected chi connectivity index (χ4v) is 3.49. The zero-order valence-electron chi connectivity index (χ0n) is 15.1. The van der Waals surface area contributed by atoms with Gasteiger partial charge in [-0.1, -0.05) is 32.9 Å². The van der Waals surface area contributed by atoms with Crippen molar-refractivity contribution in [2.24, 2.45) is 0 Å². The first-order valence-corrected chi connectivity index (χ1v) is 9.06. The molecule has 2 heterocycles. The molecule has 0 saturated carbocycles. The van der Waals surface area contributed by atoms with Crippen LogP contribution in [0, 0.1) is 11.3 Å². The number of para-hydroxylation sites is 1. The Balaban J connectivity index is 2.17. The van der Waals surface area contributed by atoms with Crippen molar-refractivity contribution in [2.45, 2.75) is 26.2 Å². The predicted molar refractivity (Wildman–Crippen MR) is 103 cm³/mol. The minimum absolute atomic E-state index is 0.0982. The molecule has 2 aromatic heterocycles. The molecule has 3 aromatic rings. The van der Waals surface area contributed by atoms with Crippen LogP contribution in [0.25, 0.3) is 5.13 Å². The standard InChI is InChI=1S/C20H17N3O3S/c1-20(2,3)16-11-27-19(22-16)23-10-13(8-12(9-21)18(23)26)17(25)14-6-4-5-7-15(14)24/h4-8,10-11,24H,1-3H3. The number of aromatic hydroxyl groups is 1.